The second kappa shape index (κ2) is 2.27. The van der Waals surface area contributed by atoms with Gasteiger partial charge in [-0.05, 0) is 20.5 Å². The van der Waals surface area contributed by atoms with Crippen molar-refractivity contribution in [1.29, 1.82) is 0 Å². The van der Waals surface area contributed by atoms with Crippen molar-refractivity contribution >= 4 is 7.85 Å². The summed E-state index contributed by atoms with van der Waals surface area (Å²) in [6, 6.07) is 0. The van der Waals surface area contributed by atoms with E-state index < -0.39 is 0 Å². The minimum absolute atomic E-state index is 0.639. The monoisotopic (exact) mass is 69.1 g/mol. The molecule has 0 spiro atoms. The molecule has 28 valence electrons. The molecule has 0 aliphatic heterocycles. The minimum atomic E-state index is 0.639. The summed E-state index contributed by atoms with van der Waals surface area (Å²) in [4.78, 5) is 1.90. The summed E-state index contributed by atoms with van der Waals surface area (Å²) in [5, 5.41) is 0. The van der Waals surface area contributed by atoms with Crippen molar-refractivity contribution in [2.75, 3.05) is 20.5 Å². The second-order valence-electron chi connectivity index (χ2n) is 1.26. The molecule has 5 heavy (non-hydrogen) atoms. The maximum Gasteiger partial charge on any atom is 0.0862 e. The van der Waals surface area contributed by atoms with Crippen LogP contribution in [0.2, 0.25) is 0 Å². The van der Waals surface area contributed by atoms with E-state index in [0.717, 1.165) is 0 Å². The molecule has 0 saturated heterocycles. The third kappa shape index (κ3) is 4.02. The SMILES string of the molecule is [B]CN(C)C. The van der Waals surface area contributed by atoms with Gasteiger partial charge in [0, 0.05) is 0 Å². The van der Waals surface area contributed by atoms with E-state index in [0.29, 0.717) is 6.44 Å². The molecule has 0 aromatic carbocycles. The topological polar surface area (TPSA) is 3.24 Å². The van der Waals surface area contributed by atoms with Crippen LogP contribution in [0, 0.1) is 0 Å². The molecule has 0 saturated carbocycles. The van der Waals surface area contributed by atoms with E-state index in [2.05, 4.69) is 0 Å². The van der Waals surface area contributed by atoms with Crippen LogP contribution in [0.15, 0.2) is 0 Å². The third-order valence-electron chi connectivity index (χ3n) is 0.365. The van der Waals surface area contributed by atoms with E-state index >= 15 is 0 Å². The Morgan fingerprint density at radius 3 is 1.80 bits per heavy atom. The van der Waals surface area contributed by atoms with Crippen LogP contribution in [0.4, 0.5) is 0 Å². The summed E-state index contributed by atoms with van der Waals surface area (Å²) in [5.74, 6) is 0. The second-order valence-corrected chi connectivity index (χ2v) is 1.26. The molecule has 0 rings (SSSR count). The Bertz CT molecular complexity index is 20.9. The van der Waals surface area contributed by atoms with Gasteiger partial charge in [-0.2, -0.15) is 0 Å². The molecule has 0 aromatic rings. The van der Waals surface area contributed by atoms with Crippen molar-refractivity contribution in [3.05, 3.63) is 0 Å². The van der Waals surface area contributed by atoms with Crippen LogP contribution in [0.5, 0.6) is 0 Å². The molecule has 0 atom stereocenters. The van der Waals surface area contributed by atoms with Crippen LogP contribution in [0.3, 0.4) is 0 Å². The maximum absolute atomic E-state index is 5.10. The van der Waals surface area contributed by atoms with Gasteiger partial charge in [-0.1, -0.05) is 0 Å². The average Bonchev–Trinajstić information content (AvgIpc) is 1.38. The Hall–Kier alpha value is 0.0249. The van der Waals surface area contributed by atoms with Gasteiger partial charge in [0.15, 0.2) is 0 Å². The zero-order chi connectivity index (χ0) is 4.28. The van der Waals surface area contributed by atoms with E-state index in [1.165, 1.54) is 0 Å². The molecule has 2 heteroatoms. The highest BCUT2D eigenvalue weighted by molar-refractivity contribution is 6.08. The third-order valence-corrected chi connectivity index (χ3v) is 0.365. The fourth-order valence-electron chi connectivity index (χ4n) is 0. The van der Waals surface area contributed by atoms with Gasteiger partial charge in [0.05, 0.1) is 7.85 Å². The molecule has 0 amide bonds. The summed E-state index contributed by atoms with van der Waals surface area (Å²) in [5.41, 5.74) is 0. The summed E-state index contributed by atoms with van der Waals surface area (Å²) < 4.78 is 0. The summed E-state index contributed by atoms with van der Waals surface area (Å²) in [6.07, 6.45) is 0.639. The first kappa shape index (κ1) is 5.02. The van der Waals surface area contributed by atoms with Crippen LogP contribution in [-0.2, 0) is 0 Å². The molecule has 0 aliphatic carbocycles. The van der Waals surface area contributed by atoms with Crippen molar-refractivity contribution in [1.82, 2.24) is 4.90 Å². The van der Waals surface area contributed by atoms with Crippen LogP contribution in [0.1, 0.15) is 0 Å². The Kier molecular flexibility index (Phi) is 2.28. The lowest BCUT2D eigenvalue weighted by molar-refractivity contribution is 0.480. The molecule has 0 aliphatic rings. The zero-order valence-corrected chi connectivity index (χ0v) is 3.73. The number of nitrogens with zero attached hydrogens (tertiary/aromatic N) is 1. The Balaban J connectivity index is 2.54. The first-order valence-electron chi connectivity index (χ1n) is 1.62. The Morgan fingerprint density at radius 2 is 1.80 bits per heavy atom. The molecule has 0 N–H and O–H groups in total. The normalized spacial score (nSPS) is 9.40. The van der Waals surface area contributed by atoms with Crippen molar-refractivity contribution < 1.29 is 0 Å². The van der Waals surface area contributed by atoms with Gasteiger partial charge in [0.2, 0.25) is 0 Å². The maximum atomic E-state index is 5.10. The van der Waals surface area contributed by atoms with E-state index in [1.807, 2.05) is 19.0 Å². The van der Waals surface area contributed by atoms with Crippen LogP contribution in [-0.4, -0.2) is 33.3 Å². The van der Waals surface area contributed by atoms with Gasteiger partial charge in [-0.15, -0.1) is 0 Å². The predicted molar refractivity (Wildman–Crippen MR) is 24.3 cm³/mol. The van der Waals surface area contributed by atoms with Gasteiger partial charge in [0.1, 0.15) is 0 Å². The fraction of sp³-hybridized carbons (Fsp3) is 1.00. The molecule has 1 nitrogen and oxygen atoms in total. The quantitative estimate of drug-likeness (QED) is 0.381. The van der Waals surface area contributed by atoms with Crippen LogP contribution >= 0.6 is 0 Å². The van der Waals surface area contributed by atoms with Crippen molar-refractivity contribution in [2.24, 2.45) is 0 Å². The van der Waals surface area contributed by atoms with Crippen LogP contribution < -0.4 is 0 Å². The average molecular weight is 68.9 g/mol. The predicted octanol–water partition coefficient (Wildman–Crippen LogP) is -0.326. The van der Waals surface area contributed by atoms with E-state index in [-0.39, 0.29) is 0 Å². The highest BCUT2D eigenvalue weighted by Crippen LogP contribution is 1.58. The summed E-state index contributed by atoms with van der Waals surface area (Å²) in [6.45, 7) is 0. The zero-order valence-electron chi connectivity index (χ0n) is 3.73. The van der Waals surface area contributed by atoms with Crippen molar-refractivity contribution in [3.63, 3.8) is 0 Å². The van der Waals surface area contributed by atoms with Gasteiger partial charge >= 0.3 is 0 Å². The molecular weight excluding hydrogens is 60.9 g/mol. The number of rotatable bonds is 1. The first-order valence-corrected chi connectivity index (χ1v) is 1.62. The van der Waals surface area contributed by atoms with Crippen LogP contribution in [0.25, 0.3) is 0 Å². The van der Waals surface area contributed by atoms with Gasteiger partial charge < -0.3 is 4.90 Å². The van der Waals surface area contributed by atoms with E-state index in [1.54, 1.807) is 0 Å². The van der Waals surface area contributed by atoms with Crippen molar-refractivity contribution in [2.45, 2.75) is 0 Å². The lowest BCUT2D eigenvalue weighted by atomic mass is 10.1. The standard InChI is InChI=1S/C3H8BN/c1-5(2)3-4/h3H2,1-2H3. The molecule has 0 unspecified atom stereocenters. The Morgan fingerprint density at radius 1 is 1.60 bits per heavy atom. The molecular formula is C3H8BN. The van der Waals surface area contributed by atoms with E-state index in [9.17, 15) is 0 Å². The van der Waals surface area contributed by atoms with Crippen molar-refractivity contribution in [3.8, 4) is 0 Å². The first-order chi connectivity index (χ1) is 2.27. The lowest BCUT2D eigenvalue weighted by Gasteiger charge is -2.00. The highest BCUT2D eigenvalue weighted by atomic mass is 15.0. The largest absolute Gasteiger partial charge is 0.318 e. The number of hydrogen-bond acceptors (Lipinski definition) is 1. The summed E-state index contributed by atoms with van der Waals surface area (Å²) in [7, 11) is 8.96. The smallest absolute Gasteiger partial charge is 0.0862 e. The van der Waals surface area contributed by atoms with Gasteiger partial charge in [-0.25, -0.2) is 0 Å². The molecule has 0 heterocycles. The highest BCUT2D eigenvalue weighted by Gasteiger charge is 1.72. The number of hydrogen-bond donors (Lipinski definition) is 0. The molecule has 2 radical (unpaired) electrons. The van der Waals surface area contributed by atoms with E-state index in [4.69, 9.17) is 7.85 Å². The molecule has 0 aromatic heterocycles. The molecule has 0 bridgehead atoms. The Labute approximate surface area is 34.4 Å². The molecule has 0 fully saturated rings. The fourth-order valence-corrected chi connectivity index (χ4v) is 0. The summed E-state index contributed by atoms with van der Waals surface area (Å²) >= 11 is 0. The van der Waals surface area contributed by atoms with Gasteiger partial charge in [-0.3, -0.25) is 0 Å². The minimum Gasteiger partial charge on any atom is -0.318 e. The van der Waals surface area contributed by atoms with Gasteiger partial charge in [0.25, 0.3) is 0 Å². The lowest BCUT2D eigenvalue weighted by Crippen LogP contribution is -2.11.